The smallest absolute Gasteiger partial charge is 0.325 e. The Labute approximate surface area is 180 Å². The fourth-order valence-electron chi connectivity index (χ4n) is 5.18. The van der Waals surface area contributed by atoms with Gasteiger partial charge in [-0.3, -0.25) is 14.5 Å². The Morgan fingerprint density at radius 2 is 2.03 bits per heavy atom. The van der Waals surface area contributed by atoms with Crippen LogP contribution in [0.2, 0.25) is 0 Å². The number of imide groups is 1. The number of para-hydroxylation sites is 1. The molecule has 0 bridgehead atoms. The van der Waals surface area contributed by atoms with Crippen molar-refractivity contribution < 1.29 is 14.4 Å². The molecule has 2 heterocycles. The van der Waals surface area contributed by atoms with Crippen LogP contribution in [0.5, 0.6) is 0 Å². The number of fused-ring (bicyclic) bond motifs is 1. The molecular formula is C22H28N4O3S. The van der Waals surface area contributed by atoms with Crippen molar-refractivity contribution in [2.75, 3.05) is 13.6 Å². The standard InChI is InChI=1S/C22H28N4O3S/c1-14-9-21(2,3)13-22(10-14)19(28)26(20(29)24-22)12-18(27)25(4)11-17-23-15-7-5-6-8-16(15)30-17/h5-8,14H,9-13H2,1-4H3,(H,24,29). The molecule has 4 amide bonds. The summed E-state index contributed by atoms with van der Waals surface area (Å²) >= 11 is 1.54. The summed E-state index contributed by atoms with van der Waals surface area (Å²) in [5.41, 5.74) is -0.0163. The zero-order valence-electron chi connectivity index (χ0n) is 17.9. The second-order valence-electron chi connectivity index (χ2n) is 9.58. The Kier molecular flexibility index (Phi) is 5.08. The van der Waals surface area contributed by atoms with Crippen LogP contribution in [0, 0.1) is 11.3 Å². The number of thiazole rings is 1. The van der Waals surface area contributed by atoms with E-state index in [1.807, 2.05) is 24.3 Å². The fraction of sp³-hybridized carbons (Fsp3) is 0.545. The van der Waals surface area contributed by atoms with Crippen molar-refractivity contribution in [1.29, 1.82) is 0 Å². The quantitative estimate of drug-likeness (QED) is 0.757. The molecule has 2 atom stereocenters. The third-order valence-corrected chi connectivity index (χ3v) is 7.08. The minimum Gasteiger partial charge on any atom is -0.337 e. The van der Waals surface area contributed by atoms with Crippen molar-refractivity contribution in [3.8, 4) is 0 Å². The lowest BCUT2D eigenvalue weighted by atomic mass is 9.64. The van der Waals surface area contributed by atoms with Crippen LogP contribution in [0.1, 0.15) is 45.0 Å². The number of amides is 4. The van der Waals surface area contributed by atoms with Crippen molar-refractivity contribution in [3.05, 3.63) is 29.3 Å². The summed E-state index contributed by atoms with van der Waals surface area (Å²) in [4.78, 5) is 45.8. The Morgan fingerprint density at radius 3 is 2.73 bits per heavy atom. The lowest BCUT2D eigenvalue weighted by molar-refractivity contribution is -0.140. The summed E-state index contributed by atoms with van der Waals surface area (Å²) in [6.07, 6.45) is 2.23. The molecule has 1 aromatic heterocycles. The highest BCUT2D eigenvalue weighted by atomic mass is 32.1. The molecule has 1 N–H and O–H groups in total. The van der Waals surface area contributed by atoms with Gasteiger partial charge in [-0.15, -0.1) is 11.3 Å². The molecule has 30 heavy (non-hydrogen) atoms. The number of rotatable bonds is 4. The van der Waals surface area contributed by atoms with Gasteiger partial charge in [-0.25, -0.2) is 9.78 Å². The number of nitrogens with one attached hydrogen (secondary N) is 1. The van der Waals surface area contributed by atoms with Crippen LogP contribution < -0.4 is 5.32 Å². The summed E-state index contributed by atoms with van der Waals surface area (Å²) in [6, 6.07) is 7.36. The Balaban J connectivity index is 1.44. The second-order valence-corrected chi connectivity index (χ2v) is 10.7. The van der Waals surface area contributed by atoms with Crippen LogP contribution in [0.3, 0.4) is 0 Å². The number of nitrogens with zero attached hydrogens (tertiary/aromatic N) is 3. The van der Waals surface area contributed by atoms with Crippen molar-refractivity contribution in [2.45, 2.75) is 52.1 Å². The van der Waals surface area contributed by atoms with E-state index in [9.17, 15) is 14.4 Å². The Hall–Kier alpha value is -2.48. The minimum absolute atomic E-state index is 0.0374. The lowest BCUT2D eigenvalue weighted by Gasteiger charge is -2.43. The number of hydrogen-bond donors (Lipinski definition) is 1. The van der Waals surface area contributed by atoms with E-state index in [4.69, 9.17) is 0 Å². The molecule has 7 nitrogen and oxygen atoms in total. The van der Waals surface area contributed by atoms with Crippen molar-refractivity contribution in [1.82, 2.24) is 20.1 Å². The van der Waals surface area contributed by atoms with Gasteiger partial charge in [0.25, 0.3) is 5.91 Å². The molecule has 1 saturated heterocycles. The van der Waals surface area contributed by atoms with E-state index in [0.29, 0.717) is 25.3 Å². The van der Waals surface area contributed by atoms with Gasteiger partial charge in [0.2, 0.25) is 5.91 Å². The molecule has 2 aromatic rings. The van der Waals surface area contributed by atoms with E-state index in [1.165, 1.54) is 16.2 Å². The van der Waals surface area contributed by atoms with Crippen LogP contribution in [-0.2, 0) is 16.1 Å². The van der Waals surface area contributed by atoms with Crippen LogP contribution in [0.4, 0.5) is 4.79 Å². The van der Waals surface area contributed by atoms with Gasteiger partial charge in [-0.2, -0.15) is 0 Å². The highest BCUT2D eigenvalue weighted by Gasteiger charge is 2.56. The molecule has 1 aromatic carbocycles. The molecule has 8 heteroatoms. The zero-order chi connectivity index (χ0) is 21.7. The van der Waals surface area contributed by atoms with Crippen LogP contribution in [-0.4, -0.2) is 51.8 Å². The number of carbonyl (C=O) groups is 3. The lowest BCUT2D eigenvalue weighted by Crippen LogP contribution is -2.54. The van der Waals surface area contributed by atoms with Gasteiger partial charge in [0.05, 0.1) is 16.8 Å². The van der Waals surface area contributed by atoms with Crippen LogP contribution in [0.25, 0.3) is 10.2 Å². The molecular weight excluding hydrogens is 400 g/mol. The summed E-state index contributed by atoms with van der Waals surface area (Å²) in [6.45, 7) is 6.47. The molecule has 160 valence electrons. The predicted molar refractivity (Wildman–Crippen MR) is 116 cm³/mol. The number of likely N-dealkylation sites (N-methyl/N-ethyl adjacent to an activating group) is 1. The van der Waals surface area contributed by atoms with Gasteiger partial charge in [-0.1, -0.05) is 32.9 Å². The normalized spacial score (nSPS) is 25.7. The average Bonchev–Trinajstić information content (AvgIpc) is 3.13. The molecule has 2 fully saturated rings. The highest BCUT2D eigenvalue weighted by Crippen LogP contribution is 2.46. The summed E-state index contributed by atoms with van der Waals surface area (Å²) in [5, 5.41) is 3.75. The highest BCUT2D eigenvalue weighted by molar-refractivity contribution is 7.18. The van der Waals surface area contributed by atoms with E-state index >= 15 is 0 Å². The molecule has 4 rings (SSSR count). The second kappa shape index (κ2) is 7.34. The van der Waals surface area contributed by atoms with Gasteiger partial charge in [0.1, 0.15) is 17.1 Å². The molecule has 1 saturated carbocycles. The maximum absolute atomic E-state index is 13.2. The minimum atomic E-state index is -0.885. The zero-order valence-corrected chi connectivity index (χ0v) is 18.7. The number of urea groups is 1. The average molecular weight is 429 g/mol. The van der Waals surface area contributed by atoms with Gasteiger partial charge in [0, 0.05) is 7.05 Å². The summed E-state index contributed by atoms with van der Waals surface area (Å²) in [7, 11) is 1.68. The molecule has 2 unspecified atom stereocenters. The van der Waals surface area contributed by atoms with Gasteiger partial charge >= 0.3 is 6.03 Å². The first kappa shape index (κ1) is 20.8. The van der Waals surface area contributed by atoms with Gasteiger partial charge in [-0.05, 0) is 42.7 Å². The van der Waals surface area contributed by atoms with E-state index in [-0.39, 0.29) is 23.8 Å². The third kappa shape index (κ3) is 3.80. The summed E-state index contributed by atoms with van der Waals surface area (Å²) < 4.78 is 1.07. The Morgan fingerprint density at radius 1 is 1.30 bits per heavy atom. The largest absolute Gasteiger partial charge is 0.337 e. The number of carbonyl (C=O) groups excluding carboxylic acids is 3. The number of hydrogen-bond acceptors (Lipinski definition) is 5. The maximum atomic E-state index is 13.2. The molecule has 0 radical (unpaired) electrons. The fourth-order valence-corrected chi connectivity index (χ4v) is 6.21. The third-order valence-electron chi connectivity index (χ3n) is 6.05. The van der Waals surface area contributed by atoms with Crippen molar-refractivity contribution in [3.63, 3.8) is 0 Å². The van der Waals surface area contributed by atoms with E-state index in [2.05, 4.69) is 31.1 Å². The van der Waals surface area contributed by atoms with Gasteiger partial charge in [0.15, 0.2) is 0 Å². The first-order chi connectivity index (χ1) is 14.1. The monoisotopic (exact) mass is 428 g/mol. The number of aromatic nitrogens is 1. The van der Waals surface area contributed by atoms with E-state index in [0.717, 1.165) is 26.5 Å². The molecule has 1 aliphatic heterocycles. The van der Waals surface area contributed by atoms with Crippen molar-refractivity contribution >= 4 is 39.4 Å². The Bertz CT molecular complexity index is 984. The van der Waals surface area contributed by atoms with Crippen LogP contribution in [0.15, 0.2) is 24.3 Å². The molecule has 2 aliphatic rings. The summed E-state index contributed by atoms with van der Waals surface area (Å²) in [5.74, 6) is -0.220. The van der Waals surface area contributed by atoms with Crippen molar-refractivity contribution in [2.24, 2.45) is 11.3 Å². The number of benzene rings is 1. The van der Waals surface area contributed by atoms with Crippen LogP contribution >= 0.6 is 11.3 Å². The van der Waals surface area contributed by atoms with Gasteiger partial charge < -0.3 is 10.2 Å². The van der Waals surface area contributed by atoms with E-state index in [1.54, 1.807) is 7.05 Å². The SMILES string of the molecule is CC1CC(C)(C)CC2(C1)NC(=O)N(CC(=O)N(C)Cc1nc3ccccc3s1)C2=O. The van der Waals surface area contributed by atoms with E-state index < -0.39 is 11.6 Å². The molecule has 1 spiro atoms. The molecule has 1 aliphatic carbocycles. The predicted octanol–water partition coefficient (Wildman–Crippen LogP) is 3.39. The first-order valence-electron chi connectivity index (χ1n) is 10.3. The first-order valence-corrected chi connectivity index (χ1v) is 11.1. The maximum Gasteiger partial charge on any atom is 0.325 e. The topological polar surface area (TPSA) is 82.6 Å².